The van der Waals surface area contributed by atoms with Crippen LogP contribution in [0, 0.1) is 0 Å². The molecular formula is C23H28N4O. The van der Waals surface area contributed by atoms with Crippen LogP contribution in [0.2, 0.25) is 0 Å². The maximum Gasteiger partial charge on any atom is 0.122 e. The maximum absolute atomic E-state index is 5.49. The number of piperidine rings is 1. The monoisotopic (exact) mass is 376 g/mol. The number of rotatable bonds is 6. The number of benzene rings is 1. The minimum Gasteiger partial charge on any atom is -0.496 e. The summed E-state index contributed by atoms with van der Waals surface area (Å²) >= 11 is 0. The van der Waals surface area contributed by atoms with Crippen molar-refractivity contribution in [3.05, 3.63) is 77.4 Å². The number of aromatic nitrogens is 3. The van der Waals surface area contributed by atoms with Crippen molar-refractivity contribution in [1.82, 2.24) is 19.7 Å². The number of ether oxygens (including phenoxy) is 1. The van der Waals surface area contributed by atoms with Crippen molar-refractivity contribution in [3.8, 4) is 5.75 Å². The number of para-hydroxylation sites is 1. The fourth-order valence-electron chi connectivity index (χ4n) is 4.07. The Labute approximate surface area is 167 Å². The Hall–Kier alpha value is -2.66. The molecule has 146 valence electrons. The third kappa shape index (κ3) is 4.42. The summed E-state index contributed by atoms with van der Waals surface area (Å²) in [4.78, 5) is 7.51. The lowest BCUT2D eigenvalue weighted by atomic mass is 9.92. The molecule has 1 saturated heterocycles. The highest BCUT2D eigenvalue weighted by atomic mass is 16.5. The van der Waals surface area contributed by atoms with Crippen LogP contribution in [-0.2, 0) is 20.0 Å². The van der Waals surface area contributed by atoms with E-state index >= 15 is 0 Å². The van der Waals surface area contributed by atoms with E-state index in [1.165, 1.54) is 16.8 Å². The fraction of sp³-hybridized carbons (Fsp3) is 0.391. The van der Waals surface area contributed by atoms with Crippen LogP contribution in [0.3, 0.4) is 0 Å². The molecule has 1 aromatic carbocycles. The number of aryl methyl sites for hydroxylation is 1. The second kappa shape index (κ2) is 8.57. The second-order valence-electron chi connectivity index (χ2n) is 7.62. The SMILES string of the molecule is COc1ccccc1Cc1cccc(C2CCN(Cc3cnn(C)c3)CC2)n1. The molecule has 1 aliphatic heterocycles. The van der Waals surface area contributed by atoms with Gasteiger partial charge in [0.25, 0.3) is 0 Å². The Kier molecular flexibility index (Phi) is 5.72. The minimum absolute atomic E-state index is 0.544. The molecule has 2 aromatic heterocycles. The van der Waals surface area contributed by atoms with Gasteiger partial charge in [0.15, 0.2) is 0 Å². The van der Waals surface area contributed by atoms with Crippen molar-refractivity contribution in [2.24, 2.45) is 7.05 Å². The molecule has 3 aromatic rings. The normalized spacial score (nSPS) is 15.6. The van der Waals surface area contributed by atoms with E-state index in [-0.39, 0.29) is 0 Å². The van der Waals surface area contributed by atoms with Gasteiger partial charge in [0.2, 0.25) is 0 Å². The van der Waals surface area contributed by atoms with Gasteiger partial charge >= 0.3 is 0 Å². The van der Waals surface area contributed by atoms with Crippen LogP contribution in [-0.4, -0.2) is 39.9 Å². The van der Waals surface area contributed by atoms with Crippen LogP contribution in [0.5, 0.6) is 5.75 Å². The third-order valence-corrected chi connectivity index (χ3v) is 5.56. The Morgan fingerprint density at radius 3 is 2.64 bits per heavy atom. The zero-order valence-electron chi connectivity index (χ0n) is 16.7. The van der Waals surface area contributed by atoms with Gasteiger partial charge in [-0.1, -0.05) is 24.3 Å². The van der Waals surface area contributed by atoms with Gasteiger partial charge in [-0.25, -0.2) is 0 Å². The standard InChI is InChI=1S/C23H28N4O/c1-26-16-18(15-24-26)17-27-12-10-19(11-13-27)22-8-5-7-21(25-22)14-20-6-3-4-9-23(20)28-2/h3-9,15-16,19H,10-14,17H2,1-2H3. The third-order valence-electron chi connectivity index (χ3n) is 5.56. The average Bonchev–Trinajstić information content (AvgIpc) is 3.14. The molecule has 28 heavy (non-hydrogen) atoms. The summed E-state index contributed by atoms with van der Waals surface area (Å²) in [5.41, 5.74) is 4.81. The van der Waals surface area contributed by atoms with Crippen molar-refractivity contribution in [3.63, 3.8) is 0 Å². The van der Waals surface area contributed by atoms with E-state index in [4.69, 9.17) is 9.72 Å². The summed E-state index contributed by atoms with van der Waals surface area (Å²) in [6, 6.07) is 14.6. The lowest BCUT2D eigenvalue weighted by Gasteiger charge is -2.31. The maximum atomic E-state index is 5.49. The minimum atomic E-state index is 0.544. The topological polar surface area (TPSA) is 43.2 Å². The molecule has 5 heteroatoms. The van der Waals surface area contributed by atoms with Gasteiger partial charge in [0.1, 0.15) is 5.75 Å². The lowest BCUT2D eigenvalue weighted by Crippen LogP contribution is -2.32. The summed E-state index contributed by atoms with van der Waals surface area (Å²) in [5.74, 6) is 1.47. The van der Waals surface area contributed by atoms with Crippen LogP contribution in [0.4, 0.5) is 0 Å². The largest absolute Gasteiger partial charge is 0.496 e. The van der Waals surface area contributed by atoms with E-state index in [9.17, 15) is 0 Å². The van der Waals surface area contributed by atoms with Gasteiger partial charge in [0.05, 0.1) is 13.3 Å². The predicted molar refractivity (Wildman–Crippen MR) is 110 cm³/mol. The molecule has 4 rings (SSSR count). The number of nitrogens with zero attached hydrogens (tertiary/aromatic N) is 4. The second-order valence-corrected chi connectivity index (χ2v) is 7.62. The number of methoxy groups -OCH3 is 1. The van der Waals surface area contributed by atoms with Gasteiger partial charge in [0, 0.05) is 54.6 Å². The van der Waals surface area contributed by atoms with Gasteiger partial charge in [-0.15, -0.1) is 0 Å². The first kappa shape index (κ1) is 18.7. The summed E-state index contributed by atoms with van der Waals surface area (Å²) < 4.78 is 7.36. The van der Waals surface area contributed by atoms with Crippen molar-refractivity contribution in [2.45, 2.75) is 31.7 Å². The Bertz CT molecular complexity index is 912. The molecule has 1 fully saturated rings. The van der Waals surface area contributed by atoms with E-state index < -0.39 is 0 Å². The number of likely N-dealkylation sites (tertiary alicyclic amines) is 1. The smallest absolute Gasteiger partial charge is 0.122 e. The van der Waals surface area contributed by atoms with Gasteiger partial charge < -0.3 is 4.74 Å². The molecule has 0 spiro atoms. The Morgan fingerprint density at radius 1 is 1.07 bits per heavy atom. The highest BCUT2D eigenvalue weighted by Gasteiger charge is 2.22. The molecule has 0 radical (unpaired) electrons. The fourth-order valence-corrected chi connectivity index (χ4v) is 4.07. The first-order valence-corrected chi connectivity index (χ1v) is 9.99. The average molecular weight is 377 g/mol. The van der Waals surface area contributed by atoms with Gasteiger partial charge in [-0.3, -0.25) is 14.6 Å². The first-order chi connectivity index (χ1) is 13.7. The van der Waals surface area contributed by atoms with E-state index in [1.807, 2.05) is 30.1 Å². The van der Waals surface area contributed by atoms with Crippen LogP contribution < -0.4 is 4.74 Å². The van der Waals surface area contributed by atoms with Crippen LogP contribution in [0.1, 0.15) is 41.3 Å². The van der Waals surface area contributed by atoms with E-state index in [0.29, 0.717) is 5.92 Å². The molecule has 0 unspecified atom stereocenters. The van der Waals surface area contributed by atoms with Crippen molar-refractivity contribution in [2.75, 3.05) is 20.2 Å². The molecule has 0 N–H and O–H groups in total. The Balaban J connectivity index is 1.38. The molecule has 0 saturated carbocycles. The van der Waals surface area contributed by atoms with E-state index in [0.717, 1.165) is 50.3 Å². The molecular weight excluding hydrogens is 348 g/mol. The lowest BCUT2D eigenvalue weighted by molar-refractivity contribution is 0.203. The molecule has 5 nitrogen and oxygen atoms in total. The molecule has 3 heterocycles. The highest BCUT2D eigenvalue weighted by molar-refractivity contribution is 5.36. The summed E-state index contributed by atoms with van der Waals surface area (Å²) in [6.07, 6.45) is 7.19. The van der Waals surface area contributed by atoms with Crippen molar-refractivity contribution < 1.29 is 4.74 Å². The molecule has 0 amide bonds. The molecule has 0 aliphatic carbocycles. The Morgan fingerprint density at radius 2 is 1.89 bits per heavy atom. The number of pyridine rings is 1. The van der Waals surface area contributed by atoms with Gasteiger partial charge in [-0.2, -0.15) is 5.10 Å². The highest BCUT2D eigenvalue weighted by Crippen LogP contribution is 2.28. The quantitative estimate of drug-likeness (QED) is 0.656. The predicted octanol–water partition coefficient (Wildman–Crippen LogP) is 3.79. The van der Waals surface area contributed by atoms with Gasteiger partial charge in [-0.05, 0) is 44.1 Å². The molecule has 0 atom stereocenters. The van der Waals surface area contributed by atoms with Crippen LogP contribution >= 0.6 is 0 Å². The van der Waals surface area contributed by atoms with Crippen molar-refractivity contribution in [1.29, 1.82) is 0 Å². The first-order valence-electron chi connectivity index (χ1n) is 9.99. The van der Waals surface area contributed by atoms with Crippen molar-refractivity contribution >= 4 is 0 Å². The van der Waals surface area contributed by atoms with Crippen LogP contribution in [0.25, 0.3) is 0 Å². The summed E-state index contributed by atoms with van der Waals surface area (Å²) in [5, 5.41) is 4.27. The summed E-state index contributed by atoms with van der Waals surface area (Å²) in [6.45, 7) is 3.21. The zero-order chi connectivity index (χ0) is 19.3. The summed E-state index contributed by atoms with van der Waals surface area (Å²) in [7, 11) is 3.70. The molecule has 0 bridgehead atoms. The molecule has 1 aliphatic rings. The van der Waals surface area contributed by atoms with E-state index in [2.05, 4.69) is 46.5 Å². The van der Waals surface area contributed by atoms with Crippen LogP contribution in [0.15, 0.2) is 54.9 Å². The van der Waals surface area contributed by atoms with E-state index in [1.54, 1.807) is 7.11 Å². The number of hydrogen-bond acceptors (Lipinski definition) is 4. The number of hydrogen-bond donors (Lipinski definition) is 0. The zero-order valence-corrected chi connectivity index (χ0v) is 16.7.